The van der Waals surface area contributed by atoms with Gasteiger partial charge in [-0.25, -0.2) is 4.98 Å². The van der Waals surface area contributed by atoms with Crippen LogP contribution in [0.15, 0.2) is 39.9 Å². The van der Waals surface area contributed by atoms with E-state index in [1.165, 1.54) is 10.4 Å². The van der Waals surface area contributed by atoms with Crippen molar-refractivity contribution in [3.63, 3.8) is 0 Å². The minimum Gasteiger partial charge on any atom is -0.353 e. The van der Waals surface area contributed by atoms with Crippen LogP contribution in [0.4, 0.5) is 0 Å². The number of aliphatic imine (C=N–C) groups is 1. The zero-order valence-corrected chi connectivity index (χ0v) is 15.0. The van der Waals surface area contributed by atoms with Gasteiger partial charge in [0.1, 0.15) is 5.01 Å². The van der Waals surface area contributed by atoms with Crippen molar-refractivity contribution in [2.45, 2.75) is 31.8 Å². The molecule has 1 aliphatic carbocycles. The van der Waals surface area contributed by atoms with Crippen molar-refractivity contribution in [1.29, 1.82) is 0 Å². The first kappa shape index (κ1) is 15.5. The smallest absolute Gasteiger partial charge is 0.191 e. The highest BCUT2D eigenvalue weighted by atomic mass is 79.9. The van der Waals surface area contributed by atoms with Crippen molar-refractivity contribution in [3.8, 4) is 0 Å². The average Bonchev–Trinajstić information content (AvgIpc) is 3.16. The fourth-order valence-corrected chi connectivity index (χ4v) is 3.44. The second-order valence-electron chi connectivity index (χ2n) is 5.43. The van der Waals surface area contributed by atoms with E-state index in [1.54, 1.807) is 18.4 Å². The molecule has 1 fully saturated rings. The maximum Gasteiger partial charge on any atom is 0.191 e. The predicted octanol–water partition coefficient (Wildman–Crippen LogP) is 3.44. The SMILES string of the molecule is CN=C(NCc1ncc(C)s1)NC1CC1c1ccc(Br)cc1. The van der Waals surface area contributed by atoms with E-state index >= 15 is 0 Å². The standard InChI is InChI=1S/C16H19BrN4S/c1-10-8-19-15(22-10)9-20-16(18-2)21-14-7-13(14)11-3-5-12(17)6-4-11/h3-6,8,13-14H,7,9H2,1-2H3,(H2,18,20,21). The summed E-state index contributed by atoms with van der Waals surface area (Å²) in [5, 5.41) is 7.90. The number of nitrogens with zero attached hydrogens (tertiary/aromatic N) is 2. The third-order valence-corrected chi connectivity index (χ3v) is 5.15. The fourth-order valence-electron chi connectivity index (χ4n) is 2.45. The first-order valence-corrected chi connectivity index (χ1v) is 8.90. The molecule has 1 aromatic heterocycles. The summed E-state index contributed by atoms with van der Waals surface area (Å²) in [6.45, 7) is 2.79. The van der Waals surface area contributed by atoms with Crippen molar-refractivity contribution in [3.05, 3.63) is 50.4 Å². The molecule has 116 valence electrons. The van der Waals surface area contributed by atoms with E-state index in [-0.39, 0.29) is 0 Å². The lowest BCUT2D eigenvalue weighted by Gasteiger charge is -2.10. The van der Waals surface area contributed by atoms with Crippen LogP contribution >= 0.6 is 27.3 Å². The van der Waals surface area contributed by atoms with E-state index in [9.17, 15) is 0 Å². The van der Waals surface area contributed by atoms with Gasteiger partial charge in [-0.3, -0.25) is 4.99 Å². The summed E-state index contributed by atoms with van der Waals surface area (Å²) in [6.07, 6.45) is 3.06. The Balaban J connectivity index is 1.51. The molecule has 2 N–H and O–H groups in total. The van der Waals surface area contributed by atoms with Gasteiger partial charge in [0.25, 0.3) is 0 Å². The Morgan fingerprint density at radius 2 is 2.18 bits per heavy atom. The van der Waals surface area contributed by atoms with Crippen LogP contribution in [-0.4, -0.2) is 24.0 Å². The number of rotatable bonds is 4. The zero-order chi connectivity index (χ0) is 15.5. The lowest BCUT2D eigenvalue weighted by atomic mass is 10.1. The summed E-state index contributed by atoms with van der Waals surface area (Å²) < 4.78 is 1.12. The molecule has 3 rings (SSSR count). The van der Waals surface area contributed by atoms with Gasteiger partial charge in [-0.15, -0.1) is 11.3 Å². The molecule has 2 unspecified atom stereocenters. The highest BCUT2D eigenvalue weighted by Crippen LogP contribution is 2.40. The van der Waals surface area contributed by atoms with E-state index in [2.05, 4.69) is 67.7 Å². The van der Waals surface area contributed by atoms with Crippen LogP contribution in [0, 0.1) is 6.92 Å². The molecule has 1 heterocycles. The minimum atomic E-state index is 0.463. The van der Waals surface area contributed by atoms with Gasteiger partial charge in [0.15, 0.2) is 5.96 Å². The Morgan fingerprint density at radius 3 is 2.82 bits per heavy atom. The number of guanidine groups is 1. The van der Waals surface area contributed by atoms with Crippen molar-refractivity contribution in [2.24, 2.45) is 4.99 Å². The van der Waals surface area contributed by atoms with Gasteiger partial charge in [0, 0.05) is 34.6 Å². The average molecular weight is 379 g/mol. The number of aryl methyl sites for hydroxylation is 1. The Morgan fingerprint density at radius 1 is 1.41 bits per heavy atom. The number of benzene rings is 1. The summed E-state index contributed by atoms with van der Waals surface area (Å²) in [7, 11) is 1.81. The number of nitrogens with one attached hydrogen (secondary N) is 2. The van der Waals surface area contributed by atoms with Gasteiger partial charge in [-0.2, -0.15) is 0 Å². The van der Waals surface area contributed by atoms with Gasteiger partial charge in [0.2, 0.25) is 0 Å². The predicted molar refractivity (Wildman–Crippen MR) is 95.5 cm³/mol. The molecule has 4 nitrogen and oxygen atoms in total. The highest BCUT2D eigenvalue weighted by molar-refractivity contribution is 9.10. The van der Waals surface area contributed by atoms with E-state index in [4.69, 9.17) is 0 Å². The van der Waals surface area contributed by atoms with Gasteiger partial charge >= 0.3 is 0 Å². The zero-order valence-electron chi connectivity index (χ0n) is 12.6. The van der Waals surface area contributed by atoms with Gasteiger partial charge in [-0.05, 0) is 31.0 Å². The van der Waals surface area contributed by atoms with E-state index in [1.807, 2.05) is 6.20 Å². The summed E-state index contributed by atoms with van der Waals surface area (Å²) in [4.78, 5) is 9.89. The lowest BCUT2D eigenvalue weighted by molar-refractivity contribution is 0.787. The Kier molecular flexibility index (Phi) is 4.78. The Bertz CT molecular complexity index is 665. The van der Waals surface area contributed by atoms with Crippen molar-refractivity contribution in [1.82, 2.24) is 15.6 Å². The molecule has 2 atom stereocenters. The molecule has 22 heavy (non-hydrogen) atoms. The van der Waals surface area contributed by atoms with Gasteiger partial charge < -0.3 is 10.6 Å². The number of hydrogen-bond donors (Lipinski definition) is 2. The molecule has 1 aromatic carbocycles. The van der Waals surface area contributed by atoms with Crippen LogP contribution in [0.25, 0.3) is 0 Å². The monoisotopic (exact) mass is 378 g/mol. The number of thiazole rings is 1. The van der Waals surface area contributed by atoms with Crippen LogP contribution in [0.1, 0.15) is 27.8 Å². The molecule has 0 saturated heterocycles. The Hall–Kier alpha value is -1.40. The molecule has 0 spiro atoms. The summed E-state index contributed by atoms with van der Waals surface area (Å²) in [6, 6.07) is 9.03. The van der Waals surface area contributed by atoms with Crippen LogP contribution < -0.4 is 10.6 Å². The van der Waals surface area contributed by atoms with E-state index in [0.717, 1.165) is 21.9 Å². The lowest BCUT2D eigenvalue weighted by Crippen LogP contribution is -2.38. The second kappa shape index (κ2) is 6.79. The molecular formula is C16H19BrN4S. The molecular weight excluding hydrogens is 360 g/mol. The third-order valence-electron chi connectivity index (χ3n) is 3.71. The fraction of sp³-hybridized carbons (Fsp3) is 0.375. The minimum absolute atomic E-state index is 0.463. The summed E-state index contributed by atoms with van der Waals surface area (Å²) in [5.41, 5.74) is 1.38. The maximum atomic E-state index is 4.36. The highest BCUT2D eigenvalue weighted by Gasteiger charge is 2.38. The first-order chi connectivity index (χ1) is 10.7. The largest absolute Gasteiger partial charge is 0.353 e. The van der Waals surface area contributed by atoms with Crippen LogP contribution in [0.5, 0.6) is 0 Å². The van der Waals surface area contributed by atoms with Crippen LogP contribution in [-0.2, 0) is 6.54 Å². The summed E-state index contributed by atoms with van der Waals surface area (Å²) >= 11 is 5.19. The molecule has 0 radical (unpaired) electrons. The molecule has 0 bridgehead atoms. The van der Waals surface area contributed by atoms with Crippen LogP contribution in [0.2, 0.25) is 0 Å². The third kappa shape index (κ3) is 3.87. The van der Waals surface area contributed by atoms with Crippen molar-refractivity contribution < 1.29 is 0 Å². The van der Waals surface area contributed by atoms with Gasteiger partial charge in [0.05, 0.1) is 6.54 Å². The molecule has 1 aliphatic rings. The maximum absolute atomic E-state index is 4.36. The second-order valence-corrected chi connectivity index (χ2v) is 7.67. The molecule has 0 aliphatic heterocycles. The van der Waals surface area contributed by atoms with Crippen LogP contribution in [0.3, 0.4) is 0 Å². The van der Waals surface area contributed by atoms with Crippen molar-refractivity contribution >= 4 is 33.2 Å². The quantitative estimate of drug-likeness (QED) is 0.632. The van der Waals surface area contributed by atoms with E-state index in [0.29, 0.717) is 18.5 Å². The summed E-state index contributed by atoms with van der Waals surface area (Å²) in [5.74, 6) is 1.42. The first-order valence-electron chi connectivity index (χ1n) is 7.29. The van der Waals surface area contributed by atoms with Crippen molar-refractivity contribution in [2.75, 3.05) is 7.05 Å². The number of hydrogen-bond acceptors (Lipinski definition) is 3. The molecule has 2 aromatic rings. The normalized spacial score (nSPS) is 20.8. The van der Waals surface area contributed by atoms with E-state index < -0.39 is 0 Å². The molecule has 0 amide bonds. The van der Waals surface area contributed by atoms with Gasteiger partial charge in [-0.1, -0.05) is 28.1 Å². The topological polar surface area (TPSA) is 49.3 Å². The Labute approximate surface area is 143 Å². The molecule has 6 heteroatoms. The number of aromatic nitrogens is 1. The molecule has 1 saturated carbocycles. The number of halogens is 1.